The number of amides is 1. The van der Waals surface area contributed by atoms with Gasteiger partial charge in [-0.2, -0.15) is 0 Å². The Hall–Kier alpha value is -2.35. The molecule has 0 saturated heterocycles. The quantitative estimate of drug-likeness (QED) is 0.897. The van der Waals surface area contributed by atoms with Gasteiger partial charge in [-0.1, -0.05) is 29.8 Å². The summed E-state index contributed by atoms with van der Waals surface area (Å²) in [4.78, 5) is 12.0. The molecule has 0 unspecified atom stereocenters. The number of carbonyl (C=O) groups is 1. The van der Waals surface area contributed by atoms with E-state index in [0.29, 0.717) is 5.56 Å². The van der Waals surface area contributed by atoms with E-state index in [0.717, 1.165) is 30.4 Å². The SMILES string of the molecule is CC1=Cc2c(cccc2-c2c(C(N)=O)cc3c(C)c2CC3)C1. The number of carbonyl (C=O) groups excluding carboxylic acids is 1. The second kappa shape index (κ2) is 4.57. The van der Waals surface area contributed by atoms with Gasteiger partial charge in [-0.05, 0) is 78.1 Å². The maximum Gasteiger partial charge on any atom is 0.249 e. The number of primary amides is 1. The van der Waals surface area contributed by atoms with Crippen molar-refractivity contribution in [3.63, 3.8) is 0 Å². The lowest BCUT2D eigenvalue weighted by Crippen LogP contribution is -2.14. The van der Waals surface area contributed by atoms with Crippen molar-refractivity contribution >= 4 is 12.0 Å². The van der Waals surface area contributed by atoms with Crippen LogP contribution in [0.4, 0.5) is 0 Å². The van der Waals surface area contributed by atoms with Crippen molar-refractivity contribution in [1.82, 2.24) is 0 Å². The van der Waals surface area contributed by atoms with Crippen LogP contribution < -0.4 is 5.73 Å². The number of nitrogens with two attached hydrogens (primary N) is 1. The highest BCUT2D eigenvalue weighted by Gasteiger charge is 2.26. The van der Waals surface area contributed by atoms with Crippen molar-refractivity contribution in [3.8, 4) is 11.1 Å². The predicted octanol–water partition coefficient (Wildman–Crippen LogP) is 3.82. The first-order valence-corrected chi connectivity index (χ1v) is 7.81. The molecule has 0 heterocycles. The fourth-order valence-corrected chi connectivity index (χ4v) is 3.99. The van der Waals surface area contributed by atoms with Crippen LogP contribution in [0.5, 0.6) is 0 Å². The summed E-state index contributed by atoms with van der Waals surface area (Å²) in [5.74, 6) is -0.323. The van der Waals surface area contributed by atoms with Gasteiger partial charge in [-0.25, -0.2) is 0 Å². The van der Waals surface area contributed by atoms with Crippen molar-refractivity contribution < 1.29 is 4.79 Å². The largest absolute Gasteiger partial charge is 0.366 e. The third-order valence-corrected chi connectivity index (χ3v) is 5.06. The van der Waals surface area contributed by atoms with Crippen molar-refractivity contribution in [2.45, 2.75) is 33.1 Å². The van der Waals surface area contributed by atoms with Crippen molar-refractivity contribution in [2.75, 3.05) is 0 Å². The Kier molecular flexibility index (Phi) is 2.77. The second-order valence-electron chi connectivity index (χ2n) is 6.47. The Balaban J connectivity index is 2.06. The zero-order valence-corrected chi connectivity index (χ0v) is 13.0. The minimum absolute atomic E-state index is 0.323. The van der Waals surface area contributed by atoms with E-state index in [-0.39, 0.29) is 5.91 Å². The number of benzene rings is 2. The third kappa shape index (κ3) is 1.77. The van der Waals surface area contributed by atoms with Gasteiger partial charge < -0.3 is 5.73 Å². The van der Waals surface area contributed by atoms with Gasteiger partial charge in [0.2, 0.25) is 5.91 Å². The Labute approximate surface area is 130 Å². The second-order valence-corrected chi connectivity index (χ2v) is 6.47. The number of hydrogen-bond acceptors (Lipinski definition) is 1. The molecule has 2 aliphatic rings. The molecule has 0 atom stereocenters. The molecule has 0 aliphatic heterocycles. The summed E-state index contributed by atoms with van der Waals surface area (Å²) in [6.07, 6.45) is 5.28. The molecule has 0 radical (unpaired) electrons. The van der Waals surface area contributed by atoms with E-state index in [4.69, 9.17) is 5.73 Å². The smallest absolute Gasteiger partial charge is 0.249 e. The van der Waals surface area contributed by atoms with Crippen molar-refractivity contribution in [1.29, 1.82) is 0 Å². The number of hydrogen-bond donors (Lipinski definition) is 1. The molecule has 2 aliphatic carbocycles. The van der Waals surface area contributed by atoms with E-state index in [9.17, 15) is 4.79 Å². The van der Waals surface area contributed by atoms with E-state index >= 15 is 0 Å². The zero-order chi connectivity index (χ0) is 15.4. The molecule has 2 aromatic carbocycles. The predicted molar refractivity (Wildman–Crippen MR) is 89.9 cm³/mol. The van der Waals surface area contributed by atoms with E-state index < -0.39 is 0 Å². The number of rotatable bonds is 2. The Morgan fingerprint density at radius 1 is 1.14 bits per heavy atom. The summed E-state index contributed by atoms with van der Waals surface area (Å²) in [5, 5.41) is 0. The molecule has 0 fully saturated rings. The van der Waals surface area contributed by atoms with Crippen LogP contribution in [0.2, 0.25) is 0 Å². The topological polar surface area (TPSA) is 43.1 Å². The van der Waals surface area contributed by atoms with Crippen LogP contribution in [0, 0.1) is 6.92 Å². The zero-order valence-electron chi connectivity index (χ0n) is 13.0. The van der Waals surface area contributed by atoms with Crippen molar-refractivity contribution in [3.05, 3.63) is 63.2 Å². The molecule has 2 nitrogen and oxygen atoms in total. The Morgan fingerprint density at radius 2 is 1.95 bits per heavy atom. The standard InChI is InChI=1S/C20H19NO/c1-11-8-14-4-3-5-16(17(14)9-11)19-15-7-6-13(12(15)2)10-18(19)20(21)22/h3-5,9-10H,6-8H2,1-2H3,(H2,21,22). The average Bonchev–Trinajstić information content (AvgIpc) is 2.94. The first-order valence-electron chi connectivity index (χ1n) is 7.81. The fraction of sp³-hybridized carbons (Fsp3) is 0.250. The van der Waals surface area contributed by atoms with Gasteiger partial charge in [0, 0.05) is 5.56 Å². The molecule has 0 aromatic heterocycles. The summed E-state index contributed by atoms with van der Waals surface area (Å²) < 4.78 is 0. The van der Waals surface area contributed by atoms with Gasteiger partial charge in [0.1, 0.15) is 0 Å². The summed E-state index contributed by atoms with van der Waals surface area (Å²) in [6, 6.07) is 8.41. The molecule has 0 spiro atoms. The van der Waals surface area contributed by atoms with Gasteiger partial charge in [-0.15, -0.1) is 0 Å². The minimum Gasteiger partial charge on any atom is -0.366 e. The molecule has 2 N–H and O–H groups in total. The Bertz CT molecular complexity index is 858. The molecule has 0 saturated carbocycles. The van der Waals surface area contributed by atoms with Gasteiger partial charge >= 0.3 is 0 Å². The van der Waals surface area contributed by atoms with Gasteiger partial charge in [0.05, 0.1) is 0 Å². The Morgan fingerprint density at radius 3 is 2.73 bits per heavy atom. The summed E-state index contributed by atoms with van der Waals surface area (Å²) in [7, 11) is 0. The first kappa shape index (κ1) is 13.3. The molecule has 4 rings (SSSR count). The number of aryl methyl sites for hydroxylation is 1. The van der Waals surface area contributed by atoms with E-state index in [1.165, 1.54) is 33.4 Å². The monoisotopic (exact) mass is 289 g/mol. The van der Waals surface area contributed by atoms with Crippen LogP contribution in [0.3, 0.4) is 0 Å². The lowest BCUT2D eigenvalue weighted by molar-refractivity contribution is 0.100. The molecule has 1 amide bonds. The van der Waals surface area contributed by atoms with Crippen LogP contribution in [0.25, 0.3) is 17.2 Å². The lowest BCUT2D eigenvalue weighted by atomic mass is 9.88. The van der Waals surface area contributed by atoms with Crippen LogP contribution in [0.1, 0.15) is 45.1 Å². The molecule has 110 valence electrons. The highest BCUT2D eigenvalue weighted by molar-refractivity contribution is 6.03. The summed E-state index contributed by atoms with van der Waals surface area (Å²) in [6.45, 7) is 4.32. The molecule has 2 bridgehead atoms. The summed E-state index contributed by atoms with van der Waals surface area (Å²) in [5.41, 5.74) is 16.5. The lowest BCUT2D eigenvalue weighted by Gasteiger charge is -2.16. The van der Waals surface area contributed by atoms with Crippen molar-refractivity contribution in [2.24, 2.45) is 5.73 Å². The van der Waals surface area contributed by atoms with Crippen LogP contribution >= 0.6 is 0 Å². The molecule has 22 heavy (non-hydrogen) atoms. The van der Waals surface area contributed by atoms with Crippen LogP contribution in [-0.2, 0) is 19.3 Å². The van der Waals surface area contributed by atoms with Crippen LogP contribution in [0.15, 0.2) is 29.8 Å². The number of fused-ring (bicyclic) bond motifs is 3. The van der Waals surface area contributed by atoms with E-state index in [1.54, 1.807) is 0 Å². The molecule has 2 heteroatoms. The highest BCUT2D eigenvalue weighted by Crippen LogP contribution is 2.41. The normalized spacial score (nSPS) is 14.9. The fourth-order valence-electron chi connectivity index (χ4n) is 3.99. The molecular weight excluding hydrogens is 270 g/mol. The maximum absolute atomic E-state index is 12.0. The van der Waals surface area contributed by atoms with Gasteiger partial charge in [-0.3, -0.25) is 4.79 Å². The highest BCUT2D eigenvalue weighted by atomic mass is 16.1. The van der Waals surface area contributed by atoms with Gasteiger partial charge in [0.25, 0.3) is 0 Å². The molecular formula is C20H19NO. The minimum atomic E-state index is -0.323. The molecule has 2 aromatic rings. The van der Waals surface area contributed by atoms with Crippen LogP contribution in [-0.4, -0.2) is 5.91 Å². The summed E-state index contributed by atoms with van der Waals surface area (Å²) >= 11 is 0. The first-order chi connectivity index (χ1) is 10.6. The third-order valence-electron chi connectivity index (χ3n) is 5.06. The maximum atomic E-state index is 12.0. The average molecular weight is 289 g/mol. The number of allylic oxidation sites excluding steroid dienone is 1. The van der Waals surface area contributed by atoms with E-state index in [1.807, 2.05) is 6.07 Å². The van der Waals surface area contributed by atoms with Gasteiger partial charge in [0.15, 0.2) is 0 Å². The van der Waals surface area contributed by atoms with E-state index in [2.05, 4.69) is 38.1 Å².